The maximum Gasteiger partial charge on any atom is 0.288 e. The number of anilines is 2. The summed E-state index contributed by atoms with van der Waals surface area (Å²) in [6.45, 7) is 1.68. The van der Waals surface area contributed by atoms with Gasteiger partial charge < -0.3 is 5.32 Å². The molecular weight excluding hydrogens is 370 g/mol. The third-order valence-electron chi connectivity index (χ3n) is 3.18. The Bertz CT molecular complexity index is 960. The summed E-state index contributed by atoms with van der Waals surface area (Å²) in [7, 11) is -3.41. The van der Waals surface area contributed by atoms with E-state index in [2.05, 4.69) is 10.0 Å². The molecule has 0 atom stereocenters. The number of aryl methyl sites for hydroxylation is 1. The molecule has 0 saturated heterocycles. The Morgan fingerprint density at radius 1 is 1.20 bits per heavy atom. The zero-order valence-electron chi connectivity index (χ0n) is 13.2. The average molecular weight is 384 g/mol. The van der Waals surface area contributed by atoms with E-state index in [1.165, 1.54) is 24.3 Å². The second-order valence-corrected chi connectivity index (χ2v) is 7.44. The van der Waals surface area contributed by atoms with Crippen LogP contribution in [-0.2, 0) is 10.0 Å². The molecule has 0 bridgehead atoms. The third kappa shape index (κ3) is 4.91. The summed E-state index contributed by atoms with van der Waals surface area (Å²) < 4.78 is 24.9. The number of sulfonamides is 1. The van der Waals surface area contributed by atoms with Crippen molar-refractivity contribution in [2.24, 2.45) is 0 Å². The fourth-order valence-corrected chi connectivity index (χ4v) is 2.87. The van der Waals surface area contributed by atoms with Crippen LogP contribution in [0.25, 0.3) is 0 Å². The first-order chi connectivity index (χ1) is 11.6. The van der Waals surface area contributed by atoms with Gasteiger partial charge in [0.2, 0.25) is 10.0 Å². The standard InChI is InChI=1S/C15H14ClN3O5S/c1-9-7-11(4-6-13(9)18-25(2,23)24)17-15(20)10-3-5-12(16)14(8-10)19(21)22/h3-8,18H,1-2H3,(H,17,20). The van der Waals surface area contributed by atoms with Crippen molar-refractivity contribution in [1.29, 1.82) is 0 Å². The van der Waals surface area contributed by atoms with Gasteiger partial charge in [0, 0.05) is 17.3 Å². The Balaban J connectivity index is 2.22. The summed E-state index contributed by atoms with van der Waals surface area (Å²) >= 11 is 5.72. The lowest BCUT2D eigenvalue weighted by atomic mass is 10.1. The van der Waals surface area contributed by atoms with E-state index < -0.39 is 20.9 Å². The molecule has 0 saturated carbocycles. The molecule has 25 heavy (non-hydrogen) atoms. The van der Waals surface area contributed by atoms with Gasteiger partial charge in [0.15, 0.2) is 0 Å². The van der Waals surface area contributed by atoms with E-state index in [9.17, 15) is 23.3 Å². The molecule has 2 rings (SSSR count). The molecule has 10 heteroatoms. The van der Waals surface area contributed by atoms with E-state index >= 15 is 0 Å². The molecule has 0 aliphatic rings. The number of amides is 1. The summed E-state index contributed by atoms with van der Waals surface area (Å²) in [6.07, 6.45) is 1.04. The maximum absolute atomic E-state index is 12.2. The van der Waals surface area contributed by atoms with Crippen LogP contribution in [0.4, 0.5) is 17.1 Å². The normalized spacial score (nSPS) is 11.0. The van der Waals surface area contributed by atoms with E-state index in [4.69, 9.17) is 11.6 Å². The number of nitro benzene ring substituents is 1. The average Bonchev–Trinajstić information content (AvgIpc) is 2.49. The molecule has 0 radical (unpaired) electrons. The minimum absolute atomic E-state index is 0.0615. The summed E-state index contributed by atoms with van der Waals surface area (Å²) in [5.41, 5.74) is 1.12. The highest BCUT2D eigenvalue weighted by Crippen LogP contribution is 2.26. The van der Waals surface area contributed by atoms with Gasteiger partial charge in [0.05, 0.1) is 16.9 Å². The molecule has 8 nitrogen and oxygen atoms in total. The number of hydrogen-bond acceptors (Lipinski definition) is 5. The van der Waals surface area contributed by atoms with Crippen LogP contribution in [0.3, 0.4) is 0 Å². The number of carbonyl (C=O) groups is 1. The Labute approximate surface area is 149 Å². The predicted molar refractivity (Wildman–Crippen MR) is 95.7 cm³/mol. The smallest absolute Gasteiger partial charge is 0.288 e. The van der Waals surface area contributed by atoms with E-state index in [0.717, 1.165) is 12.3 Å². The SMILES string of the molecule is Cc1cc(NC(=O)c2ccc(Cl)c([N+](=O)[O-])c2)ccc1NS(C)(=O)=O. The first-order valence-electron chi connectivity index (χ1n) is 6.90. The topological polar surface area (TPSA) is 118 Å². The van der Waals surface area contributed by atoms with Gasteiger partial charge in [-0.1, -0.05) is 11.6 Å². The minimum atomic E-state index is -3.41. The molecule has 2 aromatic carbocycles. The number of nitro groups is 1. The Morgan fingerprint density at radius 2 is 1.88 bits per heavy atom. The fraction of sp³-hybridized carbons (Fsp3) is 0.133. The quantitative estimate of drug-likeness (QED) is 0.607. The second-order valence-electron chi connectivity index (χ2n) is 5.28. The lowest BCUT2D eigenvalue weighted by molar-refractivity contribution is -0.384. The van der Waals surface area contributed by atoms with Gasteiger partial charge in [-0.25, -0.2) is 8.42 Å². The first kappa shape index (κ1) is 18.7. The molecule has 0 spiro atoms. The number of benzene rings is 2. The Kier molecular flexibility index (Phi) is 5.29. The molecule has 0 aliphatic heterocycles. The number of rotatable bonds is 5. The van der Waals surface area contributed by atoms with Gasteiger partial charge in [-0.2, -0.15) is 0 Å². The van der Waals surface area contributed by atoms with E-state index in [0.29, 0.717) is 16.9 Å². The van der Waals surface area contributed by atoms with Gasteiger partial charge in [-0.15, -0.1) is 0 Å². The highest BCUT2D eigenvalue weighted by Gasteiger charge is 2.16. The van der Waals surface area contributed by atoms with Crippen LogP contribution in [0.5, 0.6) is 0 Å². The number of halogens is 1. The van der Waals surface area contributed by atoms with Crippen molar-refractivity contribution in [2.75, 3.05) is 16.3 Å². The van der Waals surface area contributed by atoms with Crippen LogP contribution >= 0.6 is 11.6 Å². The summed E-state index contributed by atoms with van der Waals surface area (Å²) in [5.74, 6) is -0.553. The summed E-state index contributed by atoms with van der Waals surface area (Å²) in [6, 6.07) is 8.34. The molecule has 2 N–H and O–H groups in total. The van der Waals surface area contributed by atoms with Crippen molar-refractivity contribution in [2.45, 2.75) is 6.92 Å². The van der Waals surface area contributed by atoms with Crippen LogP contribution in [0, 0.1) is 17.0 Å². The van der Waals surface area contributed by atoms with Crippen molar-refractivity contribution >= 4 is 44.6 Å². The van der Waals surface area contributed by atoms with Crippen molar-refractivity contribution < 1.29 is 18.1 Å². The van der Waals surface area contributed by atoms with Crippen LogP contribution in [0.2, 0.25) is 5.02 Å². The van der Waals surface area contributed by atoms with Gasteiger partial charge in [-0.05, 0) is 42.8 Å². The zero-order chi connectivity index (χ0) is 18.8. The first-order valence-corrected chi connectivity index (χ1v) is 9.17. The fourth-order valence-electron chi connectivity index (χ4n) is 2.05. The predicted octanol–water partition coefficient (Wildman–Crippen LogP) is 3.18. The molecule has 0 aromatic heterocycles. The van der Waals surface area contributed by atoms with E-state index in [1.807, 2.05) is 0 Å². The van der Waals surface area contributed by atoms with Gasteiger partial charge >= 0.3 is 0 Å². The molecular formula is C15H14ClN3O5S. The molecule has 0 aliphatic carbocycles. The van der Waals surface area contributed by atoms with Crippen molar-refractivity contribution in [3.8, 4) is 0 Å². The molecule has 0 unspecified atom stereocenters. The van der Waals surface area contributed by atoms with E-state index in [1.54, 1.807) is 13.0 Å². The van der Waals surface area contributed by atoms with Gasteiger partial charge in [-0.3, -0.25) is 19.6 Å². The van der Waals surface area contributed by atoms with Crippen molar-refractivity contribution in [3.63, 3.8) is 0 Å². The van der Waals surface area contributed by atoms with Crippen molar-refractivity contribution in [1.82, 2.24) is 0 Å². The van der Waals surface area contributed by atoms with Crippen LogP contribution in [0.15, 0.2) is 36.4 Å². The zero-order valence-corrected chi connectivity index (χ0v) is 14.8. The molecule has 132 valence electrons. The number of hydrogen-bond donors (Lipinski definition) is 2. The van der Waals surface area contributed by atoms with Crippen LogP contribution < -0.4 is 10.0 Å². The summed E-state index contributed by atoms with van der Waals surface area (Å²) in [4.78, 5) is 22.4. The van der Waals surface area contributed by atoms with Gasteiger partial charge in [0.1, 0.15) is 5.02 Å². The highest BCUT2D eigenvalue weighted by atomic mass is 35.5. The number of carbonyl (C=O) groups excluding carboxylic acids is 1. The highest BCUT2D eigenvalue weighted by molar-refractivity contribution is 7.92. The van der Waals surface area contributed by atoms with E-state index in [-0.39, 0.29) is 16.3 Å². The molecule has 2 aromatic rings. The molecule has 0 heterocycles. The lowest BCUT2D eigenvalue weighted by Crippen LogP contribution is -2.13. The summed E-state index contributed by atoms with van der Waals surface area (Å²) in [5, 5.41) is 13.4. The van der Waals surface area contributed by atoms with Crippen LogP contribution in [0.1, 0.15) is 15.9 Å². The second kappa shape index (κ2) is 7.08. The molecule has 0 fully saturated rings. The van der Waals surface area contributed by atoms with Gasteiger partial charge in [0.25, 0.3) is 11.6 Å². The molecule has 1 amide bonds. The lowest BCUT2D eigenvalue weighted by Gasteiger charge is -2.11. The monoisotopic (exact) mass is 383 g/mol. The van der Waals surface area contributed by atoms with Crippen molar-refractivity contribution in [3.05, 3.63) is 62.7 Å². The Hall–Kier alpha value is -2.65. The maximum atomic E-state index is 12.2. The Morgan fingerprint density at radius 3 is 2.44 bits per heavy atom. The number of nitrogens with zero attached hydrogens (tertiary/aromatic N) is 1. The largest absolute Gasteiger partial charge is 0.322 e. The third-order valence-corrected chi connectivity index (χ3v) is 4.09. The number of nitrogens with one attached hydrogen (secondary N) is 2. The minimum Gasteiger partial charge on any atom is -0.322 e. The van der Waals surface area contributed by atoms with Crippen LogP contribution in [-0.4, -0.2) is 25.5 Å².